The van der Waals surface area contributed by atoms with Crippen LogP contribution >= 0.6 is 0 Å². The monoisotopic (exact) mass is 198 g/mol. The Morgan fingerprint density at radius 1 is 1.29 bits per heavy atom. The van der Waals surface area contributed by atoms with Crippen LogP contribution in [0, 0.1) is 11.8 Å². The second-order valence-electron chi connectivity index (χ2n) is 5.40. The Kier molecular flexibility index (Phi) is 3.96. The van der Waals surface area contributed by atoms with E-state index in [2.05, 4.69) is 32.8 Å². The highest BCUT2D eigenvalue weighted by Crippen LogP contribution is 2.37. The van der Waals surface area contributed by atoms with Gasteiger partial charge in [0, 0.05) is 12.1 Å². The topological polar surface area (TPSA) is 29.3 Å². The number of hydrogen-bond acceptors (Lipinski definition) is 2. The van der Waals surface area contributed by atoms with E-state index in [1.807, 2.05) is 0 Å². The van der Waals surface area contributed by atoms with E-state index in [4.69, 9.17) is 5.73 Å². The van der Waals surface area contributed by atoms with Crippen molar-refractivity contribution in [2.24, 2.45) is 17.6 Å². The molecule has 0 heterocycles. The molecule has 0 spiro atoms. The predicted octanol–water partition coefficient (Wildman–Crippen LogP) is 2.09. The molecule has 0 bridgehead atoms. The van der Waals surface area contributed by atoms with E-state index in [9.17, 15) is 0 Å². The normalized spacial score (nSPS) is 34.1. The lowest BCUT2D eigenvalue weighted by atomic mass is 9.72. The number of hydrogen-bond donors (Lipinski definition) is 1. The molecule has 0 saturated heterocycles. The van der Waals surface area contributed by atoms with Crippen molar-refractivity contribution in [2.75, 3.05) is 20.6 Å². The van der Waals surface area contributed by atoms with Crippen molar-refractivity contribution in [1.29, 1.82) is 0 Å². The van der Waals surface area contributed by atoms with Crippen LogP contribution in [0.1, 0.15) is 39.5 Å². The largest absolute Gasteiger partial charge is 0.329 e. The first-order chi connectivity index (χ1) is 6.52. The Balaban J connectivity index is 2.55. The standard InChI is InChI=1S/C12H26N2/c1-10(2)11-5-7-12(9-13,8-6-11)14(3)4/h10-11H,5-9,13H2,1-4H3. The van der Waals surface area contributed by atoms with Gasteiger partial charge >= 0.3 is 0 Å². The second-order valence-corrected chi connectivity index (χ2v) is 5.40. The summed E-state index contributed by atoms with van der Waals surface area (Å²) in [6, 6.07) is 0. The summed E-state index contributed by atoms with van der Waals surface area (Å²) in [5.41, 5.74) is 6.22. The first-order valence-electron chi connectivity index (χ1n) is 5.89. The molecule has 2 heteroatoms. The summed E-state index contributed by atoms with van der Waals surface area (Å²) in [6.45, 7) is 5.50. The van der Waals surface area contributed by atoms with Gasteiger partial charge in [0.05, 0.1) is 0 Å². The quantitative estimate of drug-likeness (QED) is 0.752. The average Bonchev–Trinajstić information content (AvgIpc) is 2.17. The second kappa shape index (κ2) is 4.63. The van der Waals surface area contributed by atoms with Crippen LogP contribution in [-0.2, 0) is 0 Å². The van der Waals surface area contributed by atoms with Gasteiger partial charge in [-0.15, -0.1) is 0 Å². The van der Waals surface area contributed by atoms with Crippen LogP contribution < -0.4 is 5.73 Å². The van der Waals surface area contributed by atoms with E-state index >= 15 is 0 Å². The molecule has 0 aliphatic heterocycles. The maximum atomic E-state index is 5.92. The summed E-state index contributed by atoms with van der Waals surface area (Å²) in [5.74, 6) is 1.77. The molecule has 1 rings (SSSR count). The van der Waals surface area contributed by atoms with Gasteiger partial charge in [0.1, 0.15) is 0 Å². The van der Waals surface area contributed by atoms with Crippen LogP contribution in [0.4, 0.5) is 0 Å². The smallest absolute Gasteiger partial charge is 0.0325 e. The number of likely N-dealkylation sites (N-methyl/N-ethyl adjacent to an activating group) is 1. The molecule has 1 aliphatic rings. The van der Waals surface area contributed by atoms with Crippen LogP contribution in [0.3, 0.4) is 0 Å². The Hall–Kier alpha value is -0.0800. The van der Waals surface area contributed by atoms with Gasteiger partial charge < -0.3 is 10.6 Å². The van der Waals surface area contributed by atoms with E-state index in [1.54, 1.807) is 0 Å². The van der Waals surface area contributed by atoms with Gasteiger partial charge in [0.15, 0.2) is 0 Å². The molecule has 84 valence electrons. The summed E-state index contributed by atoms with van der Waals surface area (Å²) in [4.78, 5) is 2.34. The molecule has 0 amide bonds. The highest BCUT2D eigenvalue weighted by Gasteiger charge is 2.36. The Bertz CT molecular complexity index is 167. The zero-order valence-corrected chi connectivity index (χ0v) is 10.2. The average molecular weight is 198 g/mol. The summed E-state index contributed by atoms with van der Waals surface area (Å²) < 4.78 is 0. The summed E-state index contributed by atoms with van der Waals surface area (Å²) in [7, 11) is 4.34. The van der Waals surface area contributed by atoms with E-state index in [0.29, 0.717) is 5.54 Å². The minimum absolute atomic E-state index is 0.297. The van der Waals surface area contributed by atoms with Gasteiger partial charge in [0.25, 0.3) is 0 Å². The molecule has 0 aromatic heterocycles. The molecule has 0 atom stereocenters. The molecule has 0 radical (unpaired) electrons. The van der Waals surface area contributed by atoms with E-state index < -0.39 is 0 Å². The number of nitrogens with two attached hydrogens (primary N) is 1. The molecule has 2 N–H and O–H groups in total. The predicted molar refractivity (Wildman–Crippen MR) is 62.3 cm³/mol. The molecule has 1 aliphatic carbocycles. The minimum atomic E-state index is 0.297. The van der Waals surface area contributed by atoms with Crippen LogP contribution in [0.25, 0.3) is 0 Å². The van der Waals surface area contributed by atoms with Crippen molar-refractivity contribution in [3.63, 3.8) is 0 Å². The fourth-order valence-corrected chi connectivity index (χ4v) is 2.68. The molecular formula is C12H26N2. The Morgan fingerprint density at radius 3 is 2.07 bits per heavy atom. The molecule has 0 aromatic rings. The van der Waals surface area contributed by atoms with E-state index in [1.165, 1.54) is 25.7 Å². The van der Waals surface area contributed by atoms with Gasteiger partial charge in [-0.2, -0.15) is 0 Å². The van der Waals surface area contributed by atoms with Crippen LogP contribution in [0.15, 0.2) is 0 Å². The summed E-state index contributed by atoms with van der Waals surface area (Å²) in [5, 5.41) is 0. The first kappa shape index (κ1) is 12.0. The van der Waals surface area contributed by atoms with Gasteiger partial charge in [-0.05, 0) is 51.6 Å². The SMILES string of the molecule is CC(C)C1CCC(CN)(N(C)C)CC1. The fraction of sp³-hybridized carbons (Fsp3) is 1.00. The highest BCUT2D eigenvalue weighted by molar-refractivity contribution is 4.93. The maximum absolute atomic E-state index is 5.92. The Morgan fingerprint density at radius 2 is 1.79 bits per heavy atom. The van der Waals surface area contributed by atoms with Crippen molar-refractivity contribution in [3.05, 3.63) is 0 Å². The molecule has 0 unspecified atom stereocenters. The fourth-order valence-electron chi connectivity index (χ4n) is 2.68. The van der Waals surface area contributed by atoms with E-state index in [-0.39, 0.29) is 0 Å². The van der Waals surface area contributed by atoms with Crippen molar-refractivity contribution >= 4 is 0 Å². The van der Waals surface area contributed by atoms with E-state index in [0.717, 1.165) is 18.4 Å². The number of rotatable bonds is 3. The molecule has 0 aromatic carbocycles. The molecule has 1 fully saturated rings. The van der Waals surface area contributed by atoms with Gasteiger partial charge in [-0.1, -0.05) is 13.8 Å². The molecular weight excluding hydrogens is 172 g/mol. The third-order valence-corrected chi connectivity index (χ3v) is 4.23. The Labute approximate surface area is 88.8 Å². The third kappa shape index (κ3) is 2.29. The lowest BCUT2D eigenvalue weighted by Gasteiger charge is -2.45. The zero-order chi connectivity index (χ0) is 10.8. The third-order valence-electron chi connectivity index (χ3n) is 4.23. The first-order valence-corrected chi connectivity index (χ1v) is 5.89. The maximum Gasteiger partial charge on any atom is 0.0325 e. The van der Waals surface area contributed by atoms with Crippen molar-refractivity contribution in [3.8, 4) is 0 Å². The lowest BCUT2D eigenvalue weighted by molar-refractivity contribution is 0.0756. The van der Waals surface area contributed by atoms with Crippen molar-refractivity contribution in [2.45, 2.75) is 45.1 Å². The van der Waals surface area contributed by atoms with Crippen LogP contribution in [-0.4, -0.2) is 31.1 Å². The minimum Gasteiger partial charge on any atom is -0.329 e. The lowest BCUT2D eigenvalue weighted by Crippen LogP contribution is -2.52. The van der Waals surface area contributed by atoms with Crippen LogP contribution in [0.2, 0.25) is 0 Å². The number of nitrogens with zero attached hydrogens (tertiary/aromatic N) is 1. The van der Waals surface area contributed by atoms with Crippen molar-refractivity contribution < 1.29 is 0 Å². The molecule has 2 nitrogen and oxygen atoms in total. The highest BCUT2D eigenvalue weighted by atomic mass is 15.2. The molecule has 1 saturated carbocycles. The van der Waals surface area contributed by atoms with Gasteiger partial charge in [-0.3, -0.25) is 0 Å². The van der Waals surface area contributed by atoms with Gasteiger partial charge in [0.2, 0.25) is 0 Å². The van der Waals surface area contributed by atoms with Gasteiger partial charge in [-0.25, -0.2) is 0 Å². The van der Waals surface area contributed by atoms with Crippen molar-refractivity contribution in [1.82, 2.24) is 4.90 Å². The summed E-state index contributed by atoms with van der Waals surface area (Å²) >= 11 is 0. The zero-order valence-electron chi connectivity index (χ0n) is 10.2. The molecule has 14 heavy (non-hydrogen) atoms. The van der Waals surface area contributed by atoms with Crippen LogP contribution in [0.5, 0.6) is 0 Å². The summed E-state index contributed by atoms with van der Waals surface area (Å²) in [6.07, 6.45) is 5.26.